The Balaban J connectivity index is 1.52. The highest BCUT2D eigenvalue weighted by Gasteiger charge is 2.28. The van der Waals surface area contributed by atoms with Crippen LogP contribution in [-0.2, 0) is 24.4 Å². The van der Waals surface area contributed by atoms with Crippen LogP contribution in [0.4, 0.5) is 0 Å². The van der Waals surface area contributed by atoms with Crippen molar-refractivity contribution >= 4 is 33.4 Å². The molecule has 2 aromatic rings. The highest BCUT2D eigenvalue weighted by molar-refractivity contribution is 7.89. The zero-order valence-corrected chi connectivity index (χ0v) is 19.1. The minimum absolute atomic E-state index is 0.0495. The van der Waals surface area contributed by atoms with Crippen LogP contribution in [0, 0.1) is 12.3 Å². The molecular weight excluding hydrogens is 462 g/mol. The molecule has 1 heterocycles. The molecule has 0 aromatic heterocycles. The zero-order chi connectivity index (χ0) is 24.9. The SMILES string of the molecule is Cc1cccc(S(=O)(=O)N[C@@H](CNC(=O)C[C@@H]2CC(c3ccc(C(=N)N)cc3)=NO2)C(=O)O)c1. The van der Waals surface area contributed by atoms with Crippen LogP contribution in [0.5, 0.6) is 0 Å². The molecule has 0 saturated carbocycles. The van der Waals surface area contributed by atoms with Gasteiger partial charge in [0.05, 0.1) is 17.0 Å². The number of carboxylic acid groups (broad SMARTS) is 1. The summed E-state index contributed by atoms with van der Waals surface area (Å²) in [5.41, 5.74) is 8.12. The lowest BCUT2D eigenvalue weighted by Crippen LogP contribution is -2.48. The molecule has 0 saturated heterocycles. The van der Waals surface area contributed by atoms with Crippen molar-refractivity contribution < 1.29 is 28.0 Å². The second-order valence-electron chi connectivity index (χ2n) is 7.80. The Kier molecular flexibility index (Phi) is 7.64. The molecule has 34 heavy (non-hydrogen) atoms. The summed E-state index contributed by atoms with van der Waals surface area (Å²) in [6, 6.07) is 11.4. The summed E-state index contributed by atoms with van der Waals surface area (Å²) in [5, 5.41) is 23.3. The monoisotopic (exact) mass is 487 g/mol. The van der Waals surface area contributed by atoms with E-state index < -0.39 is 40.6 Å². The molecule has 12 heteroatoms. The van der Waals surface area contributed by atoms with Gasteiger partial charge in [-0.2, -0.15) is 4.72 Å². The fraction of sp³-hybridized carbons (Fsp3) is 0.273. The molecule has 0 unspecified atom stereocenters. The minimum atomic E-state index is -4.09. The van der Waals surface area contributed by atoms with Crippen LogP contribution >= 0.6 is 0 Å². The number of nitrogen functional groups attached to an aromatic ring is 1. The first-order chi connectivity index (χ1) is 16.0. The van der Waals surface area contributed by atoms with E-state index in [0.29, 0.717) is 23.3 Å². The average molecular weight is 488 g/mol. The van der Waals surface area contributed by atoms with Gasteiger partial charge >= 0.3 is 5.97 Å². The number of aliphatic carboxylic acids is 1. The summed E-state index contributed by atoms with van der Waals surface area (Å²) in [5.74, 6) is -1.98. The Bertz CT molecular complexity index is 1230. The standard InChI is InChI=1S/C22H25N5O6S/c1-13-3-2-4-17(9-13)34(31,32)27-19(22(29)30)12-25-20(28)11-16-10-18(26-33-16)14-5-7-15(8-6-14)21(23)24/h2-9,16,19,27H,10-12H2,1H3,(H3,23,24)(H,25,28)(H,29,30)/t16-,19-/m0/s1. The lowest BCUT2D eigenvalue weighted by molar-refractivity contribution is -0.138. The van der Waals surface area contributed by atoms with Gasteiger partial charge in [0.2, 0.25) is 15.9 Å². The number of aryl methyl sites for hydroxylation is 1. The van der Waals surface area contributed by atoms with Crippen molar-refractivity contribution in [2.75, 3.05) is 6.54 Å². The first-order valence-electron chi connectivity index (χ1n) is 10.3. The minimum Gasteiger partial charge on any atom is -0.480 e. The quantitative estimate of drug-likeness (QED) is 0.241. The summed E-state index contributed by atoms with van der Waals surface area (Å²) in [6.45, 7) is 1.28. The molecule has 3 rings (SSSR count). The van der Waals surface area contributed by atoms with Crippen molar-refractivity contribution in [2.24, 2.45) is 10.9 Å². The molecule has 0 spiro atoms. The molecular formula is C22H25N5O6S. The number of benzene rings is 2. The summed E-state index contributed by atoms with van der Waals surface area (Å²) < 4.78 is 27.1. The second kappa shape index (κ2) is 10.4. The van der Waals surface area contributed by atoms with E-state index in [0.717, 1.165) is 5.56 Å². The van der Waals surface area contributed by atoms with Crippen LogP contribution in [0.15, 0.2) is 58.6 Å². The molecule has 2 atom stereocenters. The van der Waals surface area contributed by atoms with Crippen LogP contribution < -0.4 is 15.8 Å². The molecule has 180 valence electrons. The molecule has 0 bridgehead atoms. The topological polar surface area (TPSA) is 184 Å². The van der Waals surface area contributed by atoms with Crippen molar-refractivity contribution in [3.63, 3.8) is 0 Å². The second-order valence-corrected chi connectivity index (χ2v) is 9.51. The Morgan fingerprint density at radius 1 is 1.26 bits per heavy atom. The third-order valence-corrected chi connectivity index (χ3v) is 6.54. The Morgan fingerprint density at radius 2 is 1.97 bits per heavy atom. The number of hydrogen-bond donors (Lipinski definition) is 5. The third-order valence-electron chi connectivity index (χ3n) is 5.07. The predicted octanol–water partition coefficient (Wildman–Crippen LogP) is 0.710. The molecule has 1 aliphatic heterocycles. The number of nitrogens with one attached hydrogen (secondary N) is 3. The average Bonchev–Trinajstić information content (AvgIpc) is 3.25. The van der Waals surface area contributed by atoms with Gasteiger partial charge < -0.3 is 21.0 Å². The van der Waals surface area contributed by atoms with Crippen LogP contribution in [0.25, 0.3) is 0 Å². The Hall–Kier alpha value is -3.77. The number of amides is 1. The van der Waals surface area contributed by atoms with Gasteiger partial charge in [0, 0.05) is 18.5 Å². The van der Waals surface area contributed by atoms with Gasteiger partial charge in [-0.1, -0.05) is 41.6 Å². The van der Waals surface area contributed by atoms with E-state index in [9.17, 15) is 23.1 Å². The van der Waals surface area contributed by atoms with E-state index in [1.807, 2.05) is 0 Å². The number of nitrogens with two attached hydrogens (primary N) is 1. The largest absolute Gasteiger partial charge is 0.480 e. The summed E-state index contributed by atoms with van der Waals surface area (Å²) in [6.07, 6.45) is -0.278. The molecule has 0 fully saturated rings. The first kappa shape index (κ1) is 24.9. The molecule has 0 aliphatic carbocycles. The van der Waals surface area contributed by atoms with E-state index in [1.54, 1.807) is 43.3 Å². The van der Waals surface area contributed by atoms with Gasteiger partial charge in [-0.05, 0) is 30.2 Å². The molecule has 2 aromatic carbocycles. The van der Waals surface area contributed by atoms with E-state index >= 15 is 0 Å². The number of hydrogen-bond acceptors (Lipinski definition) is 7. The number of nitrogens with zero attached hydrogens (tertiary/aromatic N) is 1. The lowest BCUT2D eigenvalue weighted by Gasteiger charge is -2.16. The fourth-order valence-corrected chi connectivity index (χ4v) is 4.56. The zero-order valence-electron chi connectivity index (χ0n) is 18.3. The number of carbonyl (C=O) groups is 2. The molecule has 1 amide bonds. The highest BCUT2D eigenvalue weighted by atomic mass is 32.2. The van der Waals surface area contributed by atoms with Crippen LogP contribution in [-0.4, -0.2) is 55.6 Å². The molecule has 0 radical (unpaired) electrons. The normalized spacial score (nSPS) is 16.3. The van der Waals surface area contributed by atoms with Gasteiger partial charge in [-0.25, -0.2) is 8.42 Å². The number of oxime groups is 1. The molecule has 1 aliphatic rings. The van der Waals surface area contributed by atoms with E-state index in [2.05, 4.69) is 15.2 Å². The van der Waals surface area contributed by atoms with Crippen molar-refractivity contribution in [2.45, 2.75) is 36.8 Å². The van der Waals surface area contributed by atoms with Gasteiger partial charge in [0.1, 0.15) is 18.0 Å². The molecule has 11 nitrogen and oxygen atoms in total. The maximum Gasteiger partial charge on any atom is 0.323 e. The van der Waals surface area contributed by atoms with Crippen LogP contribution in [0.3, 0.4) is 0 Å². The van der Waals surface area contributed by atoms with E-state index in [4.69, 9.17) is 16.0 Å². The van der Waals surface area contributed by atoms with Crippen molar-refractivity contribution in [1.29, 1.82) is 5.41 Å². The van der Waals surface area contributed by atoms with E-state index in [-0.39, 0.29) is 17.2 Å². The Morgan fingerprint density at radius 3 is 2.59 bits per heavy atom. The van der Waals surface area contributed by atoms with Crippen molar-refractivity contribution in [1.82, 2.24) is 10.0 Å². The predicted molar refractivity (Wildman–Crippen MR) is 124 cm³/mol. The number of carbonyl (C=O) groups excluding carboxylic acids is 1. The first-order valence-corrected chi connectivity index (χ1v) is 11.8. The fourth-order valence-electron chi connectivity index (χ4n) is 3.26. The third kappa shape index (κ3) is 6.39. The highest BCUT2D eigenvalue weighted by Crippen LogP contribution is 2.19. The van der Waals surface area contributed by atoms with Crippen LogP contribution in [0.1, 0.15) is 29.5 Å². The smallest absolute Gasteiger partial charge is 0.323 e. The van der Waals surface area contributed by atoms with Gasteiger partial charge in [0.15, 0.2) is 0 Å². The van der Waals surface area contributed by atoms with Crippen molar-refractivity contribution in [3.05, 3.63) is 65.2 Å². The maximum absolute atomic E-state index is 12.5. The van der Waals surface area contributed by atoms with Crippen LogP contribution in [0.2, 0.25) is 0 Å². The lowest BCUT2D eigenvalue weighted by atomic mass is 10.0. The number of amidine groups is 1. The summed E-state index contributed by atoms with van der Waals surface area (Å²) in [7, 11) is -4.09. The van der Waals surface area contributed by atoms with E-state index in [1.165, 1.54) is 12.1 Å². The van der Waals surface area contributed by atoms with Gasteiger partial charge in [-0.15, -0.1) is 0 Å². The number of carboxylic acids is 1. The summed E-state index contributed by atoms with van der Waals surface area (Å²) >= 11 is 0. The van der Waals surface area contributed by atoms with Crippen molar-refractivity contribution in [3.8, 4) is 0 Å². The van der Waals surface area contributed by atoms with Gasteiger partial charge in [-0.3, -0.25) is 15.0 Å². The maximum atomic E-state index is 12.5. The summed E-state index contributed by atoms with van der Waals surface area (Å²) in [4.78, 5) is 29.1. The molecule has 6 N–H and O–H groups in total. The van der Waals surface area contributed by atoms with Gasteiger partial charge in [0.25, 0.3) is 0 Å². The number of rotatable bonds is 10. The Labute approximate surface area is 196 Å². The number of sulfonamides is 1.